The van der Waals surface area contributed by atoms with Gasteiger partial charge in [0.15, 0.2) is 0 Å². The van der Waals surface area contributed by atoms with Gasteiger partial charge in [-0.3, -0.25) is 4.79 Å². The lowest BCUT2D eigenvalue weighted by atomic mass is 10.1. The van der Waals surface area contributed by atoms with Crippen LogP contribution in [0.4, 0.5) is 0 Å². The van der Waals surface area contributed by atoms with Crippen molar-refractivity contribution >= 4 is 17.6 Å². The van der Waals surface area contributed by atoms with E-state index in [-0.39, 0.29) is 18.7 Å². The van der Waals surface area contributed by atoms with Crippen LogP contribution in [-0.2, 0) is 11.3 Å². The van der Waals surface area contributed by atoms with Crippen LogP contribution in [0.5, 0.6) is 0 Å². The Kier molecular flexibility index (Phi) is 4.92. The highest BCUT2D eigenvalue weighted by Gasteiger charge is 2.18. The van der Waals surface area contributed by atoms with Gasteiger partial charge < -0.3 is 4.74 Å². The van der Waals surface area contributed by atoms with E-state index in [0.717, 1.165) is 4.68 Å². The Bertz CT molecular complexity index is 808. The second kappa shape index (κ2) is 6.87. The molecule has 7 heteroatoms. The van der Waals surface area contributed by atoms with Gasteiger partial charge in [-0.15, -0.1) is 0 Å². The normalized spacial score (nSPS) is 10.0. The third kappa shape index (κ3) is 3.15. The molecule has 0 spiro atoms. The van der Waals surface area contributed by atoms with Crippen molar-refractivity contribution in [3.63, 3.8) is 0 Å². The Morgan fingerprint density at radius 2 is 2.18 bits per heavy atom. The summed E-state index contributed by atoms with van der Waals surface area (Å²) in [7, 11) is 0. The second-order valence-corrected chi connectivity index (χ2v) is 4.67. The lowest BCUT2D eigenvalue weighted by Crippen LogP contribution is -2.29. The van der Waals surface area contributed by atoms with Gasteiger partial charge in [0, 0.05) is 5.56 Å². The summed E-state index contributed by atoms with van der Waals surface area (Å²) < 4.78 is 5.79. The quantitative estimate of drug-likeness (QED) is 0.807. The van der Waals surface area contributed by atoms with E-state index in [1.54, 1.807) is 31.2 Å². The summed E-state index contributed by atoms with van der Waals surface area (Å²) in [6.45, 7) is 1.51. The molecule has 0 unspecified atom stereocenters. The van der Waals surface area contributed by atoms with Crippen molar-refractivity contribution in [3.8, 4) is 17.3 Å². The summed E-state index contributed by atoms with van der Waals surface area (Å²) in [5.41, 5.74) is 0.0303. The van der Waals surface area contributed by atoms with Gasteiger partial charge >= 0.3 is 5.97 Å². The maximum atomic E-state index is 12.2. The highest BCUT2D eigenvalue weighted by Crippen LogP contribution is 2.25. The molecule has 2 aromatic rings. The molecule has 0 saturated carbocycles. The molecule has 6 nitrogen and oxygen atoms in total. The third-order valence-electron chi connectivity index (χ3n) is 2.84. The minimum absolute atomic E-state index is 0.139. The molecule has 0 aliphatic heterocycles. The molecular weight excluding hydrogens is 306 g/mol. The molecule has 0 fully saturated rings. The van der Waals surface area contributed by atoms with Crippen LogP contribution in [-0.4, -0.2) is 22.4 Å². The molecule has 22 heavy (non-hydrogen) atoms. The van der Waals surface area contributed by atoms with Gasteiger partial charge in [0.25, 0.3) is 5.56 Å². The minimum atomic E-state index is -0.755. The van der Waals surface area contributed by atoms with Crippen LogP contribution < -0.4 is 5.56 Å². The molecule has 1 heterocycles. The maximum Gasteiger partial charge on any atom is 0.343 e. The van der Waals surface area contributed by atoms with Crippen molar-refractivity contribution in [2.24, 2.45) is 0 Å². The van der Waals surface area contributed by atoms with Gasteiger partial charge in [-0.2, -0.15) is 10.4 Å². The van der Waals surface area contributed by atoms with Crippen LogP contribution in [0.3, 0.4) is 0 Å². The zero-order valence-corrected chi connectivity index (χ0v) is 12.5. The fraction of sp³-hybridized carbons (Fsp3) is 0.200. The number of benzene rings is 1. The molecule has 0 radical (unpaired) electrons. The van der Waals surface area contributed by atoms with Crippen molar-refractivity contribution in [1.82, 2.24) is 9.78 Å². The summed E-state index contributed by atoms with van der Waals surface area (Å²) in [6, 6.07) is 10.0. The predicted molar refractivity (Wildman–Crippen MR) is 80.5 cm³/mol. The van der Waals surface area contributed by atoms with Crippen LogP contribution in [0, 0.1) is 11.3 Å². The van der Waals surface area contributed by atoms with Crippen LogP contribution in [0.15, 0.2) is 35.1 Å². The molecule has 1 aromatic heterocycles. The lowest BCUT2D eigenvalue weighted by molar-refractivity contribution is 0.0523. The van der Waals surface area contributed by atoms with Gasteiger partial charge in [0.1, 0.15) is 12.1 Å². The predicted octanol–water partition coefficient (Wildman–Crippen LogP) is 2.26. The zero-order chi connectivity index (χ0) is 16.1. The van der Waals surface area contributed by atoms with Gasteiger partial charge in [-0.1, -0.05) is 29.8 Å². The zero-order valence-electron chi connectivity index (χ0n) is 11.7. The van der Waals surface area contributed by atoms with Crippen molar-refractivity contribution in [3.05, 3.63) is 51.3 Å². The fourth-order valence-electron chi connectivity index (χ4n) is 1.87. The Morgan fingerprint density at radius 3 is 2.82 bits per heavy atom. The summed E-state index contributed by atoms with van der Waals surface area (Å²) >= 11 is 6.11. The van der Waals surface area contributed by atoms with Crippen LogP contribution >= 0.6 is 11.6 Å². The summed E-state index contributed by atoms with van der Waals surface area (Å²) in [6.07, 6.45) is 0. The maximum absolute atomic E-state index is 12.2. The second-order valence-electron chi connectivity index (χ2n) is 4.26. The Morgan fingerprint density at radius 1 is 1.45 bits per heavy atom. The molecule has 2 rings (SSSR count). The van der Waals surface area contributed by atoms with Gasteiger partial charge in [-0.25, -0.2) is 9.48 Å². The van der Waals surface area contributed by atoms with E-state index >= 15 is 0 Å². The minimum Gasteiger partial charge on any atom is -0.462 e. The van der Waals surface area contributed by atoms with E-state index in [1.807, 2.05) is 6.07 Å². The standard InChI is InChI=1S/C15H12ClN3O3/c1-2-22-15(21)11-9-13(10-5-3-4-6-12(10)16)18-19(8-7-17)14(11)20/h3-6,9H,2,8H2,1H3. The number of halogens is 1. The first-order valence-corrected chi connectivity index (χ1v) is 6.87. The number of carbonyl (C=O) groups is 1. The number of aromatic nitrogens is 2. The summed E-state index contributed by atoms with van der Waals surface area (Å²) in [5, 5.41) is 13.3. The summed E-state index contributed by atoms with van der Waals surface area (Å²) in [5.74, 6) is -0.755. The first-order chi connectivity index (χ1) is 10.6. The van der Waals surface area contributed by atoms with Gasteiger partial charge in [0.05, 0.1) is 23.4 Å². The largest absolute Gasteiger partial charge is 0.462 e. The monoisotopic (exact) mass is 317 g/mol. The molecule has 0 aliphatic rings. The molecule has 0 bridgehead atoms. The first kappa shape index (κ1) is 15.7. The number of rotatable bonds is 4. The van der Waals surface area contributed by atoms with E-state index in [2.05, 4.69) is 5.10 Å². The number of hydrogen-bond donors (Lipinski definition) is 0. The Hall–Kier alpha value is -2.65. The number of carbonyl (C=O) groups excluding carboxylic acids is 1. The van der Waals surface area contributed by atoms with E-state index in [9.17, 15) is 9.59 Å². The third-order valence-corrected chi connectivity index (χ3v) is 3.17. The lowest BCUT2D eigenvalue weighted by Gasteiger charge is -2.09. The first-order valence-electron chi connectivity index (χ1n) is 6.49. The van der Waals surface area contributed by atoms with Crippen molar-refractivity contribution in [2.75, 3.05) is 6.61 Å². The number of nitriles is 1. The molecule has 0 aliphatic carbocycles. The molecule has 0 atom stereocenters. The topological polar surface area (TPSA) is 85.0 Å². The fourth-order valence-corrected chi connectivity index (χ4v) is 2.10. The van der Waals surface area contributed by atoms with Crippen molar-refractivity contribution in [2.45, 2.75) is 13.5 Å². The SMILES string of the molecule is CCOC(=O)c1cc(-c2ccccc2Cl)nn(CC#N)c1=O. The average molecular weight is 318 g/mol. The van der Waals surface area contributed by atoms with Gasteiger partial charge in [-0.05, 0) is 19.1 Å². The highest BCUT2D eigenvalue weighted by molar-refractivity contribution is 6.33. The average Bonchev–Trinajstić information content (AvgIpc) is 2.50. The van der Waals surface area contributed by atoms with Crippen LogP contribution in [0.1, 0.15) is 17.3 Å². The molecule has 0 N–H and O–H groups in total. The smallest absolute Gasteiger partial charge is 0.343 e. The molecule has 0 saturated heterocycles. The Labute approximate surface area is 131 Å². The summed E-state index contributed by atoms with van der Waals surface area (Å²) in [4.78, 5) is 24.1. The molecular formula is C15H12ClN3O3. The van der Waals surface area contributed by atoms with E-state index in [4.69, 9.17) is 21.6 Å². The number of esters is 1. The van der Waals surface area contributed by atoms with Crippen molar-refractivity contribution < 1.29 is 9.53 Å². The number of ether oxygens (including phenoxy) is 1. The molecule has 112 valence electrons. The van der Waals surface area contributed by atoms with E-state index in [0.29, 0.717) is 16.3 Å². The highest BCUT2D eigenvalue weighted by atomic mass is 35.5. The van der Waals surface area contributed by atoms with Gasteiger partial charge in [0.2, 0.25) is 0 Å². The molecule has 1 aromatic carbocycles. The van der Waals surface area contributed by atoms with Crippen LogP contribution in [0.2, 0.25) is 5.02 Å². The van der Waals surface area contributed by atoms with Crippen LogP contribution in [0.25, 0.3) is 11.3 Å². The van der Waals surface area contributed by atoms with E-state index in [1.165, 1.54) is 6.07 Å². The van der Waals surface area contributed by atoms with E-state index < -0.39 is 11.5 Å². The Balaban J connectivity index is 2.66. The number of hydrogen-bond acceptors (Lipinski definition) is 5. The molecule has 0 amide bonds. The van der Waals surface area contributed by atoms with Crippen molar-refractivity contribution in [1.29, 1.82) is 5.26 Å². The number of nitrogens with zero attached hydrogens (tertiary/aromatic N) is 3.